The highest BCUT2D eigenvalue weighted by Crippen LogP contribution is 2.29. The number of benzene rings is 3. The van der Waals surface area contributed by atoms with E-state index in [1.807, 2.05) is 54.6 Å². The number of hydrogen-bond donors (Lipinski definition) is 1. The number of para-hydroxylation sites is 1. The number of fused-ring (bicyclic) bond motifs is 1. The molecule has 5 rings (SSSR count). The maximum absolute atomic E-state index is 12.4. The zero-order valence-electron chi connectivity index (χ0n) is 15.5. The Morgan fingerprint density at radius 1 is 0.793 bits per heavy atom. The maximum Gasteiger partial charge on any atom is 0.251 e. The summed E-state index contributed by atoms with van der Waals surface area (Å²) in [6.45, 7) is 0.521. The van der Waals surface area contributed by atoms with Crippen LogP contribution in [-0.2, 0) is 6.54 Å². The molecular weight excluding hydrogens is 362 g/mol. The van der Waals surface area contributed by atoms with Gasteiger partial charge in [0.05, 0.1) is 12.1 Å². The monoisotopic (exact) mass is 379 g/mol. The number of nitrogens with one attached hydrogen (secondary N) is 1. The van der Waals surface area contributed by atoms with Crippen LogP contribution in [0.5, 0.6) is 0 Å². The van der Waals surface area contributed by atoms with Crippen molar-refractivity contribution in [3.05, 3.63) is 101 Å². The summed E-state index contributed by atoms with van der Waals surface area (Å²) < 4.78 is 1.80. The van der Waals surface area contributed by atoms with Crippen molar-refractivity contribution in [3.63, 3.8) is 0 Å². The molecule has 0 fully saturated rings. The number of hydrogen-bond acceptors (Lipinski definition) is 4. The van der Waals surface area contributed by atoms with Gasteiger partial charge in [-0.15, -0.1) is 10.2 Å². The summed E-state index contributed by atoms with van der Waals surface area (Å²) in [5, 5.41) is 15.4. The van der Waals surface area contributed by atoms with Gasteiger partial charge in [-0.05, 0) is 39.4 Å². The molecule has 0 bridgehead atoms. The molecule has 0 unspecified atom stereocenters. The second-order valence-electron chi connectivity index (χ2n) is 6.79. The summed E-state index contributed by atoms with van der Waals surface area (Å²) in [5.41, 5.74) is 4.99. The molecule has 3 aromatic carbocycles. The van der Waals surface area contributed by atoms with Crippen LogP contribution in [0.15, 0.2) is 89.7 Å². The van der Waals surface area contributed by atoms with Crippen molar-refractivity contribution in [3.8, 4) is 22.5 Å². The van der Waals surface area contributed by atoms with Crippen molar-refractivity contribution in [1.82, 2.24) is 25.2 Å². The van der Waals surface area contributed by atoms with Crippen molar-refractivity contribution < 1.29 is 0 Å². The lowest BCUT2D eigenvalue weighted by Crippen LogP contribution is -2.19. The van der Waals surface area contributed by atoms with Gasteiger partial charge in [0, 0.05) is 11.6 Å². The molecule has 1 N–H and O–H groups in total. The Hall–Kier alpha value is -4.06. The van der Waals surface area contributed by atoms with Crippen LogP contribution in [0.4, 0.5) is 0 Å². The molecule has 0 saturated carbocycles. The average molecular weight is 379 g/mol. The highest BCUT2D eigenvalue weighted by molar-refractivity contribution is 5.80. The Labute approximate surface area is 166 Å². The van der Waals surface area contributed by atoms with Gasteiger partial charge in [-0.2, -0.15) is 5.21 Å². The van der Waals surface area contributed by atoms with Crippen molar-refractivity contribution in [2.24, 2.45) is 0 Å². The number of H-pyrrole nitrogens is 1. The summed E-state index contributed by atoms with van der Waals surface area (Å²) in [5.74, 6) is 0.562. The van der Waals surface area contributed by atoms with Crippen LogP contribution < -0.4 is 5.56 Å². The summed E-state index contributed by atoms with van der Waals surface area (Å²) in [6, 6.07) is 27.6. The summed E-state index contributed by atoms with van der Waals surface area (Å²) in [4.78, 5) is 12.4. The first kappa shape index (κ1) is 17.1. The Bertz CT molecular complexity index is 1340. The summed E-state index contributed by atoms with van der Waals surface area (Å²) in [7, 11) is 0. The van der Waals surface area contributed by atoms with Gasteiger partial charge in [0.2, 0.25) is 5.82 Å². The van der Waals surface area contributed by atoms with Crippen molar-refractivity contribution in [2.75, 3.05) is 0 Å². The molecular formula is C23H17N5O. The third kappa shape index (κ3) is 3.21. The third-order valence-electron chi connectivity index (χ3n) is 5.02. The van der Waals surface area contributed by atoms with E-state index >= 15 is 0 Å². The predicted molar refractivity (Wildman–Crippen MR) is 112 cm³/mol. The van der Waals surface area contributed by atoms with E-state index in [2.05, 4.69) is 44.9 Å². The first-order chi connectivity index (χ1) is 14.3. The van der Waals surface area contributed by atoms with Gasteiger partial charge in [-0.25, -0.2) is 0 Å². The number of rotatable bonds is 4. The summed E-state index contributed by atoms with van der Waals surface area (Å²) in [6.07, 6.45) is 0. The Morgan fingerprint density at radius 2 is 1.55 bits per heavy atom. The molecule has 0 spiro atoms. The van der Waals surface area contributed by atoms with E-state index in [1.54, 1.807) is 10.6 Å². The fourth-order valence-electron chi connectivity index (χ4n) is 3.59. The first-order valence-electron chi connectivity index (χ1n) is 9.30. The second-order valence-corrected chi connectivity index (χ2v) is 6.79. The quantitative estimate of drug-likeness (QED) is 0.514. The molecule has 0 atom stereocenters. The lowest BCUT2D eigenvalue weighted by atomic mass is 9.98. The highest BCUT2D eigenvalue weighted by Gasteiger charge is 2.11. The minimum atomic E-state index is -0.00442. The van der Waals surface area contributed by atoms with Gasteiger partial charge >= 0.3 is 0 Å². The van der Waals surface area contributed by atoms with Crippen LogP contribution in [0.2, 0.25) is 0 Å². The van der Waals surface area contributed by atoms with Gasteiger partial charge in [0.15, 0.2) is 0 Å². The van der Waals surface area contributed by atoms with Crippen LogP contribution in [-0.4, -0.2) is 25.2 Å². The Morgan fingerprint density at radius 3 is 2.34 bits per heavy atom. The van der Waals surface area contributed by atoms with E-state index < -0.39 is 0 Å². The topological polar surface area (TPSA) is 76.5 Å². The molecule has 2 aromatic heterocycles. The van der Waals surface area contributed by atoms with E-state index in [9.17, 15) is 4.79 Å². The summed E-state index contributed by atoms with van der Waals surface area (Å²) >= 11 is 0. The van der Waals surface area contributed by atoms with E-state index in [4.69, 9.17) is 0 Å². The van der Waals surface area contributed by atoms with Gasteiger partial charge < -0.3 is 4.57 Å². The molecule has 2 heterocycles. The van der Waals surface area contributed by atoms with Gasteiger partial charge in [-0.1, -0.05) is 66.7 Å². The molecule has 0 aliphatic rings. The van der Waals surface area contributed by atoms with Crippen molar-refractivity contribution in [1.29, 1.82) is 0 Å². The number of pyridine rings is 1. The van der Waals surface area contributed by atoms with Crippen molar-refractivity contribution in [2.45, 2.75) is 6.54 Å². The first-order valence-corrected chi connectivity index (χ1v) is 9.30. The molecule has 0 radical (unpaired) electrons. The van der Waals surface area contributed by atoms with Crippen LogP contribution >= 0.6 is 0 Å². The van der Waals surface area contributed by atoms with E-state index in [0.29, 0.717) is 12.4 Å². The molecule has 0 aliphatic heterocycles. The van der Waals surface area contributed by atoms with Crippen LogP contribution in [0.3, 0.4) is 0 Å². The standard InChI is InChI=1S/C23H17N5O/c29-22-14-13-18-5-1-4-8-21(18)28(22)15-16-9-11-17(12-10-16)19-6-2-3-7-20(19)23-24-26-27-25-23/h1-14H,15H2,(H,24,25,26,27). The predicted octanol–water partition coefficient (Wildman–Crippen LogP) is 3.90. The number of aromatic amines is 1. The number of tetrazole rings is 1. The highest BCUT2D eigenvalue weighted by atomic mass is 16.1. The molecule has 140 valence electrons. The molecule has 0 aliphatic carbocycles. The zero-order chi connectivity index (χ0) is 19.6. The SMILES string of the molecule is O=c1ccc2ccccc2n1Cc1ccc(-c2ccccc2-c2nn[nH]n2)cc1. The smallest absolute Gasteiger partial charge is 0.251 e. The number of nitrogens with zero attached hydrogens (tertiary/aromatic N) is 4. The van der Waals surface area contributed by atoms with E-state index in [0.717, 1.165) is 33.2 Å². The number of aromatic nitrogens is 5. The fraction of sp³-hybridized carbons (Fsp3) is 0.0435. The minimum absolute atomic E-state index is 0.00442. The lowest BCUT2D eigenvalue weighted by Gasteiger charge is -2.11. The van der Waals surface area contributed by atoms with Crippen LogP contribution in [0.1, 0.15) is 5.56 Å². The largest absolute Gasteiger partial charge is 0.304 e. The molecule has 29 heavy (non-hydrogen) atoms. The fourth-order valence-corrected chi connectivity index (χ4v) is 3.59. The third-order valence-corrected chi connectivity index (χ3v) is 5.02. The second kappa shape index (κ2) is 7.16. The van der Waals surface area contributed by atoms with Crippen LogP contribution in [0.25, 0.3) is 33.4 Å². The molecule has 6 nitrogen and oxygen atoms in total. The average Bonchev–Trinajstić information content (AvgIpc) is 3.31. The van der Waals surface area contributed by atoms with E-state index in [-0.39, 0.29) is 5.56 Å². The van der Waals surface area contributed by atoms with E-state index in [1.165, 1.54) is 0 Å². The maximum atomic E-state index is 12.4. The molecule has 0 amide bonds. The zero-order valence-corrected chi connectivity index (χ0v) is 15.5. The van der Waals surface area contributed by atoms with Crippen molar-refractivity contribution >= 4 is 10.9 Å². The van der Waals surface area contributed by atoms with Gasteiger partial charge in [-0.3, -0.25) is 4.79 Å². The Balaban J connectivity index is 1.50. The normalized spacial score (nSPS) is 11.0. The Kier molecular flexibility index (Phi) is 4.22. The lowest BCUT2D eigenvalue weighted by molar-refractivity contribution is 0.795. The molecule has 6 heteroatoms. The van der Waals surface area contributed by atoms with Crippen LogP contribution in [0, 0.1) is 0 Å². The van der Waals surface area contributed by atoms with Gasteiger partial charge in [0.25, 0.3) is 5.56 Å². The molecule has 5 aromatic rings. The molecule has 0 saturated heterocycles. The minimum Gasteiger partial charge on any atom is -0.304 e. The van der Waals surface area contributed by atoms with Gasteiger partial charge in [0.1, 0.15) is 0 Å².